The number of rotatable bonds is 9. The van der Waals surface area contributed by atoms with Crippen molar-refractivity contribution in [1.82, 2.24) is 9.88 Å². The van der Waals surface area contributed by atoms with E-state index >= 15 is 0 Å². The zero-order valence-corrected chi connectivity index (χ0v) is 20.1. The molecular formula is C26H31N3O5. The first kappa shape index (κ1) is 24.8. The summed E-state index contributed by atoms with van der Waals surface area (Å²) in [7, 11) is 0. The molecule has 3 rings (SSSR count). The summed E-state index contributed by atoms with van der Waals surface area (Å²) in [5.74, 6) is 0.360. The molecule has 1 aromatic heterocycles. The number of aryl methyl sites for hydroxylation is 2. The molecule has 8 nitrogen and oxygen atoms in total. The van der Waals surface area contributed by atoms with Crippen LogP contribution in [0.15, 0.2) is 47.3 Å². The summed E-state index contributed by atoms with van der Waals surface area (Å²) < 4.78 is 10.6. The van der Waals surface area contributed by atoms with Crippen LogP contribution in [0.4, 0.5) is 10.5 Å². The highest BCUT2D eigenvalue weighted by Crippen LogP contribution is 2.19. The van der Waals surface area contributed by atoms with Gasteiger partial charge in [0.25, 0.3) is 5.56 Å². The Bertz CT molecular complexity index is 1220. The number of nitrogens with one attached hydrogen (secondary N) is 2. The zero-order valence-electron chi connectivity index (χ0n) is 20.1. The van der Waals surface area contributed by atoms with E-state index in [1.807, 2.05) is 39.0 Å². The first-order valence-corrected chi connectivity index (χ1v) is 11.4. The number of H-pyrrole nitrogens is 1. The minimum absolute atomic E-state index is 0.0348. The maximum Gasteiger partial charge on any atom is 0.322 e. The number of carbonyl (C=O) groups excluding carboxylic acids is 2. The number of ether oxygens (including phenoxy) is 2. The van der Waals surface area contributed by atoms with E-state index in [2.05, 4.69) is 10.3 Å². The third-order valence-corrected chi connectivity index (χ3v) is 5.35. The van der Waals surface area contributed by atoms with Gasteiger partial charge in [-0.15, -0.1) is 0 Å². The second-order valence-corrected chi connectivity index (χ2v) is 8.05. The lowest BCUT2D eigenvalue weighted by molar-refractivity contribution is -0.143. The molecule has 34 heavy (non-hydrogen) atoms. The van der Waals surface area contributed by atoms with Crippen molar-refractivity contribution in [2.24, 2.45) is 0 Å². The monoisotopic (exact) mass is 465 g/mol. The van der Waals surface area contributed by atoms with E-state index in [0.717, 1.165) is 22.0 Å². The Morgan fingerprint density at radius 2 is 1.79 bits per heavy atom. The van der Waals surface area contributed by atoms with Crippen LogP contribution >= 0.6 is 0 Å². The number of carbonyl (C=O) groups is 2. The number of aromatic amines is 1. The molecule has 3 aromatic rings. The van der Waals surface area contributed by atoms with Crippen molar-refractivity contribution in [3.05, 3.63) is 69.5 Å². The average Bonchev–Trinajstić information content (AvgIpc) is 2.80. The van der Waals surface area contributed by atoms with Gasteiger partial charge in [0.05, 0.1) is 25.2 Å². The summed E-state index contributed by atoms with van der Waals surface area (Å²) in [6.45, 7) is 8.33. The topological polar surface area (TPSA) is 101 Å². The number of hydrogen-bond acceptors (Lipinski definition) is 5. The maximum atomic E-state index is 13.1. The number of fused-ring (bicyclic) bond motifs is 1. The molecule has 2 N–H and O–H groups in total. The molecule has 0 fully saturated rings. The summed E-state index contributed by atoms with van der Waals surface area (Å²) >= 11 is 0. The smallest absolute Gasteiger partial charge is 0.322 e. The highest BCUT2D eigenvalue weighted by atomic mass is 16.5. The molecule has 0 aliphatic carbocycles. The molecule has 0 radical (unpaired) electrons. The molecule has 0 aliphatic rings. The second kappa shape index (κ2) is 11.4. The Labute approximate surface area is 198 Å². The number of amides is 2. The number of hydrogen-bond donors (Lipinski definition) is 2. The van der Waals surface area contributed by atoms with Crippen LogP contribution in [0.3, 0.4) is 0 Å². The molecule has 8 heteroatoms. The number of nitrogens with zero attached hydrogens (tertiary/aromatic N) is 1. The first-order valence-electron chi connectivity index (χ1n) is 11.4. The van der Waals surface area contributed by atoms with Crippen LogP contribution in [-0.4, -0.2) is 41.6 Å². The molecule has 0 saturated heterocycles. The van der Waals surface area contributed by atoms with Crippen LogP contribution in [0.2, 0.25) is 0 Å². The van der Waals surface area contributed by atoms with E-state index in [0.29, 0.717) is 23.6 Å². The number of pyridine rings is 1. The molecule has 2 aromatic carbocycles. The lowest BCUT2D eigenvalue weighted by Gasteiger charge is -2.23. The molecule has 2 amide bonds. The van der Waals surface area contributed by atoms with E-state index in [4.69, 9.17) is 9.47 Å². The molecule has 0 aliphatic heterocycles. The number of esters is 1. The van der Waals surface area contributed by atoms with Gasteiger partial charge < -0.3 is 24.7 Å². The predicted molar refractivity (Wildman–Crippen MR) is 132 cm³/mol. The van der Waals surface area contributed by atoms with Crippen molar-refractivity contribution in [2.45, 2.75) is 40.7 Å². The SMILES string of the molecule is CCOc1ccc(NC(=O)N(CCOC(=O)CC)Cc2cc3cc(C)cc(C)c3[nH]c2=O)cc1. The summed E-state index contributed by atoms with van der Waals surface area (Å²) in [4.78, 5) is 41.8. The molecule has 1 heterocycles. The number of aromatic nitrogens is 1. The van der Waals surface area contributed by atoms with Crippen LogP contribution in [0.1, 0.15) is 37.0 Å². The number of benzene rings is 2. The average molecular weight is 466 g/mol. The molecule has 180 valence electrons. The van der Waals surface area contributed by atoms with Gasteiger partial charge in [-0.1, -0.05) is 18.6 Å². The van der Waals surface area contributed by atoms with Gasteiger partial charge in [-0.25, -0.2) is 4.79 Å². The lowest BCUT2D eigenvalue weighted by atomic mass is 10.1. The fraction of sp³-hybridized carbons (Fsp3) is 0.346. The molecule has 0 saturated carbocycles. The summed E-state index contributed by atoms with van der Waals surface area (Å²) in [6.07, 6.45) is 0.251. The third-order valence-electron chi connectivity index (χ3n) is 5.35. The van der Waals surface area contributed by atoms with Gasteiger partial charge in [0.15, 0.2) is 0 Å². The normalized spacial score (nSPS) is 10.7. The fourth-order valence-corrected chi connectivity index (χ4v) is 3.68. The van der Waals surface area contributed by atoms with Crippen molar-refractivity contribution >= 4 is 28.6 Å². The van der Waals surface area contributed by atoms with Crippen LogP contribution in [0.25, 0.3) is 10.9 Å². The highest BCUT2D eigenvalue weighted by molar-refractivity contribution is 5.89. The Morgan fingerprint density at radius 3 is 2.47 bits per heavy atom. The molecule has 0 unspecified atom stereocenters. The summed E-state index contributed by atoms with van der Waals surface area (Å²) in [5, 5.41) is 3.74. The van der Waals surface area contributed by atoms with E-state index in [-0.39, 0.29) is 37.6 Å². The van der Waals surface area contributed by atoms with Crippen LogP contribution < -0.4 is 15.6 Å². The van der Waals surface area contributed by atoms with Crippen LogP contribution in [-0.2, 0) is 16.1 Å². The number of urea groups is 1. The fourth-order valence-electron chi connectivity index (χ4n) is 3.68. The van der Waals surface area contributed by atoms with Gasteiger partial charge in [-0.3, -0.25) is 9.59 Å². The molecule has 0 spiro atoms. The quantitative estimate of drug-likeness (QED) is 0.452. The van der Waals surface area contributed by atoms with Gasteiger partial charge in [-0.2, -0.15) is 0 Å². The Morgan fingerprint density at radius 1 is 1.06 bits per heavy atom. The Kier molecular flexibility index (Phi) is 8.29. The first-order chi connectivity index (χ1) is 16.3. The van der Waals surface area contributed by atoms with Crippen LogP contribution in [0, 0.1) is 13.8 Å². The van der Waals surface area contributed by atoms with Gasteiger partial charge in [0, 0.05) is 17.7 Å². The molecule has 0 atom stereocenters. The third kappa shape index (κ3) is 6.37. The predicted octanol–water partition coefficient (Wildman–Crippen LogP) is 4.53. The van der Waals surface area contributed by atoms with Gasteiger partial charge in [0.1, 0.15) is 12.4 Å². The van der Waals surface area contributed by atoms with Crippen molar-refractivity contribution in [1.29, 1.82) is 0 Å². The minimum atomic E-state index is -0.406. The number of anilines is 1. The molecule has 0 bridgehead atoms. The summed E-state index contributed by atoms with van der Waals surface area (Å²) in [6, 6.07) is 12.4. The second-order valence-electron chi connectivity index (χ2n) is 8.05. The van der Waals surface area contributed by atoms with E-state index in [9.17, 15) is 14.4 Å². The largest absolute Gasteiger partial charge is 0.494 e. The van der Waals surface area contributed by atoms with Crippen LogP contribution in [0.5, 0.6) is 5.75 Å². The van der Waals surface area contributed by atoms with Crippen molar-refractivity contribution in [3.63, 3.8) is 0 Å². The molecular weight excluding hydrogens is 434 g/mol. The Balaban J connectivity index is 1.83. The van der Waals surface area contributed by atoms with E-state index in [1.165, 1.54) is 4.90 Å². The van der Waals surface area contributed by atoms with E-state index < -0.39 is 6.03 Å². The van der Waals surface area contributed by atoms with Gasteiger partial charge in [0.2, 0.25) is 0 Å². The van der Waals surface area contributed by atoms with Crippen molar-refractivity contribution in [3.8, 4) is 5.75 Å². The zero-order chi connectivity index (χ0) is 24.7. The van der Waals surface area contributed by atoms with Gasteiger partial charge in [-0.05, 0) is 68.1 Å². The van der Waals surface area contributed by atoms with E-state index in [1.54, 1.807) is 31.2 Å². The minimum Gasteiger partial charge on any atom is -0.494 e. The lowest BCUT2D eigenvalue weighted by Crippen LogP contribution is -2.38. The van der Waals surface area contributed by atoms with Gasteiger partial charge >= 0.3 is 12.0 Å². The maximum absolute atomic E-state index is 13.1. The summed E-state index contributed by atoms with van der Waals surface area (Å²) in [5.41, 5.74) is 3.61. The standard InChI is InChI=1S/C26H31N3O5/c1-5-23(30)34-12-11-29(26(32)27-21-7-9-22(10-8-21)33-6-2)16-20-15-19-14-17(3)13-18(4)24(19)28-25(20)31/h7-10,13-15H,5-6,11-12,16H2,1-4H3,(H,27,32)(H,28,31). The Hall–Kier alpha value is -3.81. The highest BCUT2D eigenvalue weighted by Gasteiger charge is 2.18. The van der Waals surface area contributed by atoms with Crippen molar-refractivity contribution in [2.75, 3.05) is 25.1 Å². The van der Waals surface area contributed by atoms with Crippen molar-refractivity contribution < 1.29 is 19.1 Å².